The third-order valence-corrected chi connectivity index (χ3v) is 4.87. The fourth-order valence-electron chi connectivity index (χ4n) is 3.32. The van der Waals surface area contributed by atoms with Crippen molar-refractivity contribution < 1.29 is 14.6 Å². The Morgan fingerprint density at radius 2 is 1.69 bits per heavy atom. The summed E-state index contributed by atoms with van der Waals surface area (Å²) in [6.07, 6.45) is 2.93. The van der Waals surface area contributed by atoms with Gasteiger partial charge < -0.3 is 20.5 Å². The molecule has 0 saturated carbocycles. The number of para-hydroxylation sites is 1. The van der Waals surface area contributed by atoms with E-state index in [1.165, 1.54) is 5.56 Å². The number of aliphatic hydroxyl groups is 1. The van der Waals surface area contributed by atoms with Crippen molar-refractivity contribution in [1.82, 2.24) is 4.90 Å². The number of nitrogens with two attached hydrogens (primary N) is 1. The molecule has 0 bridgehead atoms. The zero-order valence-corrected chi connectivity index (χ0v) is 14.9. The van der Waals surface area contributed by atoms with Crippen LogP contribution in [0.15, 0.2) is 54.6 Å². The number of hydrogen-bond donors (Lipinski definition) is 2. The molecule has 5 heteroatoms. The Labute approximate surface area is 154 Å². The van der Waals surface area contributed by atoms with Crippen LogP contribution in [0.1, 0.15) is 18.4 Å². The van der Waals surface area contributed by atoms with Crippen LogP contribution in [0, 0.1) is 5.92 Å². The van der Waals surface area contributed by atoms with Gasteiger partial charge in [-0.05, 0) is 55.0 Å². The number of rotatable bonds is 6. The number of hydrogen-bond acceptors (Lipinski definition) is 4. The lowest BCUT2D eigenvalue weighted by Crippen LogP contribution is -2.48. The molecule has 3 rings (SSSR count). The molecule has 1 fully saturated rings. The van der Waals surface area contributed by atoms with E-state index in [9.17, 15) is 4.79 Å². The van der Waals surface area contributed by atoms with Gasteiger partial charge in [0.25, 0.3) is 0 Å². The predicted octanol–water partition coefficient (Wildman–Crippen LogP) is 2.58. The fraction of sp³-hybridized carbons (Fsp3) is 0.381. The molecule has 0 aromatic heterocycles. The standard InChI is InChI=1S/C21H26N2O3/c22-20(15-24)21(25)23-12-10-17(11-13-23)14-16-6-8-19(9-7-16)26-18-4-2-1-3-5-18/h1-9,17,20,24H,10-15,22H2. The molecule has 1 saturated heterocycles. The van der Waals surface area contributed by atoms with E-state index in [0.717, 1.165) is 30.8 Å². The third-order valence-electron chi connectivity index (χ3n) is 4.87. The molecule has 1 aliphatic rings. The second-order valence-electron chi connectivity index (χ2n) is 6.82. The first-order valence-electron chi connectivity index (χ1n) is 9.13. The van der Waals surface area contributed by atoms with Crippen LogP contribution in [0.25, 0.3) is 0 Å². The Balaban J connectivity index is 1.49. The number of carbonyl (C=O) groups excluding carboxylic acids is 1. The number of amides is 1. The van der Waals surface area contributed by atoms with Crippen molar-refractivity contribution in [2.45, 2.75) is 25.3 Å². The van der Waals surface area contributed by atoms with E-state index < -0.39 is 6.04 Å². The van der Waals surface area contributed by atoms with Crippen LogP contribution >= 0.6 is 0 Å². The molecule has 138 valence electrons. The molecule has 1 atom stereocenters. The van der Waals surface area contributed by atoms with E-state index >= 15 is 0 Å². The summed E-state index contributed by atoms with van der Waals surface area (Å²) in [5.41, 5.74) is 6.90. The van der Waals surface area contributed by atoms with Crippen LogP contribution in [0.3, 0.4) is 0 Å². The minimum Gasteiger partial charge on any atom is -0.457 e. The van der Waals surface area contributed by atoms with Gasteiger partial charge in [0.1, 0.15) is 17.5 Å². The average molecular weight is 354 g/mol. The van der Waals surface area contributed by atoms with Crippen LogP contribution in [-0.2, 0) is 11.2 Å². The molecule has 3 N–H and O–H groups in total. The lowest BCUT2D eigenvalue weighted by molar-refractivity contribution is -0.134. The highest BCUT2D eigenvalue weighted by molar-refractivity contribution is 5.81. The molecule has 0 radical (unpaired) electrons. The first-order valence-corrected chi connectivity index (χ1v) is 9.13. The van der Waals surface area contributed by atoms with Gasteiger partial charge in [-0.15, -0.1) is 0 Å². The molecular formula is C21H26N2O3. The highest BCUT2D eigenvalue weighted by Crippen LogP contribution is 2.25. The van der Waals surface area contributed by atoms with Crippen molar-refractivity contribution in [2.75, 3.05) is 19.7 Å². The molecule has 5 nitrogen and oxygen atoms in total. The molecule has 2 aromatic rings. The summed E-state index contributed by atoms with van der Waals surface area (Å²) in [7, 11) is 0. The number of aliphatic hydroxyl groups excluding tert-OH is 1. The topological polar surface area (TPSA) is 75.8 Å². The van der Waals surface area contributed by atoms with Crippen molar-refractivity contribution in [3.8, 4) is 11.5 Å². The monoisotopic (exact) mass is 354 g/mol. The zero-order chi connectivity index (χ0) is 18.4. The number of likely N-dealkylation sites (tertiary alicyclic amines) is 1. The van der Waals surface area contributed by atoms with Crippen molar-refractivity contribution in [2.24, 2.45) is 11.7 Å². The van der Waals surface area contributed by atoms with E-state index in [0.29, 0.717) is 19.0 Å². The largest absolute Gasteiger partial charge is 0.457 e. The second kappa shape index (κ2) is 8.83. The van der Waals surface area contributed by atoms with E-state index in [-0.39, 0.29) is 12.5 Å². The van der Waals surface area contributed by atoms with Gasteiger partial charge in [-0.1, -0.05) is 30.3 Å². The van der Waals surface area contributed by atoms with Gasteiger partial charge in [0.2, 0.25) is 5.91 Å². The molecule has 1 aliphatic heterocycles. The summed E-state index contributed by atoms with van der Waals surface area (Å²) >= 11 is 0. The van der Waals surface area contributed by atoms with Gasteiger partial charge >= 0.3 is 0 Å². The number of ether oxygens (including phenoxy) is 1. The molecule has 1 unspecified atom stereocenters. The van der Waals surface area contributed by atoms with Crippen molar-refractivity contribution >= 4 is 5.91 Å². The van der Waals surface area contributed by atoms with E-state index in [4.69, 9.17) is 15.6 Å². The minimum atomic E-state index is -0.788. The normalized spacial score (nSPS) is 16.3. The molecular weight excluding hydrogens is 328 g/mol. The van der Waals surface area contributed by atoms with Gasteiger partial charge in [0.05, 0.1) is 6.61 Å². The Morgan fingerprint density at radius 1 is 1.08 bits per heavy atom. The smallest absolute Gasteiger partial charge is 0.241 e. The summed E-state index contributed by atoms with van der Waals surface area (Å²) in [5.74, 6) is 2.08. The Hall–Kier alpha value is -2.37. The van der Waals surface area contributed by atoms with Gasteiger partial charge in [-0.25, -0.2) is 0 Å². The second-order valence-corrected chi connectivity index (χ2v) is 6.82. The summed E-state index contributed by atoms with van der Waals surface area (Å²) in [5, 5.41) is 9.02. The lowest BCUT2D eigenvalue weighted by atomic mass is 9.90. The zero-order valence-electron chi connectivity index (χ0n) is 14.9. The third kappa shape index (κ3) is 4.84. The Morgan fingerprint density at radius 3 is 2.31 bits per heavy atom. The Bertz CT molecular complexity index is 695. The van der Waals surface area contributed by atoms with E-state index in [1.807, 2.05) is 42.5 Å². The summed E-state index contributed by atoms with van der Waals surface area (Å²) in [4.78, 5) is 13.8. The van der Waals surface area contributed by atoms with Gasteiger partial charge in [-0.3, -0.25) is 4.79 Å². The van der Waals surface area contributed by atoms with Crippen LogP contribution < -0.4 is 10.5 Å². The minimum absolute atomic E-state index is 0.145. The van der Waals surface area contributed by atoms with Crippen LogP contribution in [0.4, 0.5) is 0 Å². The predicted molar refractivity (Wildman–Crippen MR) is 101 cm³/mol. The maximum absolute atomic E-state index is 12.0. The average Bonchev–Trinajstić information content (AvgIpc) is 2.70. The maximum atomic E-state index is 12.0. The first kappa shape index (κ1) is 18.4. The van der Waals surface area contributed by atoms with E-state index in [1.54, 1.807) is 4.90 Å². The van der Waals surface area contributed by atoms with Gasteiger partial charge in [0.15, 0.2) is 0 Å². The lowest BCUT2D eigenvalue weighted by Gasteiger charge is -2.33. The van der Waals surface area contributed by atoms with Crippen molar-refractivity contribution in [3.63, 3.8) is 0 Å². The molecule has 1 amide bonds. The first-order chi connectivity index (χ1) is 12.7. The number of piperidine rings is 1. The van der Waals surface area contributed by atoms with Gasteiger partial charge in [-0.2, -0.15) is 0 Å². The van der Waals surface area contributed by atoms with E-state index in [2.05, 4.69) is 12.1 Å². The van der Waals surface area contributed by atoms with Crippen LogP contribution in [0.5, 0.6) is 11.5 Å². The summed E-state index contributed by atoms with van der Waals surface area (Å²) in [6.45, 7) is 1.13. The molecule has 0 spiro atoms. The Kier molecular flexibility index (Phi) is 6.26. The maximum Gasteiger partial charge on any atom is 0.241 e. The molecule has 0 aliphatic carbocycles. The number of carbonyl (C=O) groups is 1. The van der Waals surface area contributed by atoms with Crippen LogP contribution in [-0.4, -0.2) is 41.7 Å². The van der Waals surface area contributed by atoms with Gasteiger partial charge in [0, 0.05) is 13.1 Å². The molecule has 26 heavy (non-hydrogen) atoms. The highest BCUT2D eigenvalue weighted by atomic mass is 16.5. The SMILES string of the molecule is NC(CO)C(=O)N1CCC(Cc2ccc(Oc3ccccc3)cc2)CC1. The molecule has 1 heterocycles. The summed E-state index contributed by atoms with van der Waals surface area (Å²) < 4.78 is 5.82. The van der Waals surface area contributed by atoms with Crippen molar-refractivity contribution in [1.29, 1.82) is 0 Å². The fourth-order valence-corrected chi connectivity index (χ4v) is 3.32. The van der Waals surface area contributed by atoms with Crippen molar-refractivity contribution in [3.05, 3.63) is 60.2 Å². The molecule has 2 aromatic carbocycles. The number of nitrogens with zero attached hydrogens (tertiary/aromatic N) is 1. The highest BCUT2D eigenvalue weighted by Gasteiger charge is 2.25. The number of benzene rings is 2. The summed E-state index contributed by atoms with van der Waals surface area (Å²) in [6, 6.07) is 17.2. The van der Waals surface area contributed by atoms with Crippen LogP contribution in [0.2, 0.25) is 0 Å². The quantitative estimate of drug-likeness (QED) is 0.836.